The molecule has 0 aromatic heterocycles. The normalized spacial score (nSPS) is 32.1. The fourth-order valence-electron chi connectivity index (χ4n) is 3.23. The minimum atomic E-state index is -3.25. The molecule has 2 heterocycles. The van der Waals surface area contributed by atoms with Gasteiger partial charge in [0.15, 0.2) is 0 Å². The van der Waals surface area contributed by atoms with Gasteiger partial charge < -0.3 is 5.32 Å². The number of hydrogen-bond acceptors (Lipinski definition) is 3. The number of halogens is 1. The molecule has 0 spiro atoms. The molecule has 1 aliphatic carbocycles. The van der Waals surface area contributed by atoms with Crippen LogP contribution in [0, 0.1) is 5.92 Å². The number of rotatable bonds is 4. The molecule has 0 amide bonds. The van der Waals surface area contributed by atoms with Crippen LogP contribution in [0.5, 0.6) is 0 Å². The van der Waals surface area contributed by atoms with E-state index in [1.54, 1.807) is 15.7 Å². The van der Waals surface area contributed by atoms with E-state index in [4.69, 9.17) is 0 Å². The molecule has 2 saturated heterocycles. The molecule has 1 saturated carbocycles. The summed E-state index contributed by atoms with van der Waals surface area (Å²) in [7, 11) is -1.51. The Bertz CT molecular complexity index is 399. The summed E-state index contributed by atoms with van der Waals surface area (Å²) in [5.41, 5.74) is 0. The first-order chi connectivity index (χ1) is 8.59. The molecule has 3 fully saturated rings. The second kappa shape index (κ2) is 5.85. The number of fused-ring (bicyclic) bond motifs is 2. The quantitative estimate of drug-likeness (QED) is 0.836. The maximum atomic E-state index is 12.7. The second-order valence-corrected chi connectivity index (χ2v) is 7.88. The average Bonchev–Trinajstić information content (AvgIpc) is 3.03. The van der Waals surface area contributed by atoms with Crippen molar-refractivity contribution in [3.05, 3.63) is 0 Å². The minimum absolute atomic E-state index is 0. The average molecular weight is 310 g/mol. The topological polar surface area (TPSA) is 52.7 Å². The molecule has 2 unspecified atom stereocenters. The maximum absolute atomic E-state index is 12.7. The molecule has 0 aromatic carbocycles. The molecule has 3 aliphatic rings. The van der Waals surface area contributed by atoms with Crippen LogP contribution >= 0.6 is 12.4 Å². The highest BCUT2D eigenvalue weighted by atomic mass is 35.5. The predicted octanol–water partition coefficient (Wildman–Crippen LogP) is 0.821. The van der Waals surface area contributed by atoms with Gasteiger partial charge in [0.1, 0.15) is 0 Å². The third-order valence-corrected chi connectivity index (χ3v) is 6.53. The number of nitrogens with one attached hydrogen (secondary N) is 1. The lowest BCUT2D eigenvalue weighted by Gasteiger charge is -2.31. The molecule has 2 atom stereocenters. The molecule has 2 aliphatic heterocycles. The van der Waals surface area contributed by atoms with E-state index in [0.29, 0.717) is 12.5 Å². The van der Waals surface area contributed by atoms with Gasteiger partial charge in [-0.2, -0.15) is 17.0 Å². The Kier molecular flexibility index (Phi) is 4.78. The fourth-order valence-corrected chi connectivity index (χ4v) is 5.10. The van der Waals surface area contributed by atoms with E-state index in [2.05, 4.69) is 5.32 Å². The Morgan fingerprint density at radius 2 is 1.84 bits per heavy atom. The van der Waals surface area contributed by atoms with Gasteiger partial charge in [-0.1, -0.05) is 0 Å². The van der Waals surface area contributed by atoms with Gasteiger partial charge in [-0.3, -0.25) is 0 Å². The summed E-state index contributed by atoms with van der Waals surface area (Å²) in [4.78, 5) is 0. The predicted molar refractivity (Wildman–Crippen MR) is 77.7 cm³/mol. The minimum Gasteiger partial charge on any atom is -0.315 e. The molecular weight excluding hydrogens is 286 g/mol. The van der Waals surface area contributed by atoms with E-state index in [-0.39, 0.29) is 24.5 Å². The second-order valence-electron chi connectivity index (χ2n) is 5.94. The van der Waals surface area contributed by atoms with Gasteiger partial charge in [0.2, 0.25) is 0 Å². The summed E-state index contributed by atoms with van der Waals surface area (Å²) in [5, 5.41) is 3.35. The highest BCUT2D eigenvalue weighted by Crippen LogP contribution is 2.34. The largest absolute Gasteiger partial charge is 0.315 e. The monoisotopic (exact) mass is 309 g/mol. The Morgan fingerprint density at radius 1 is 1.16 bits per heavy atom. The van der Waals surface area contributed by atoms with Crippen molar-refractivity contribution in [2.24, 2.45) is 5.92 Å². The maximum Gasteiger partial charge on any atom is 0.282 e. The van der Waals surface area contributed by atoms with Crippen LogP contribution in [-0.4, -0.2) is 55.8 Å². The lowest BCUT2D eigenvalue weighted by molar-refractivity contribution is 0.299. The zero-order valence-electron chi connectivity index (χ0n) is 11.4. The summed E-state index contributed by atoms with van der Waals surface area (Å²) < 4.78 is 28.8. The van der Waals surface area contributed by atoms with Crippen LogP contribution in [0.4, 0.5) is 0 Å². The van der Waals surface area contributed by atoms with Gasteiger partial charge in [-0.05, 0) is 44.6 Å². The first kappa shape index (κ1) is 15.5. The van der Waals surface area contributed by atoms with E-state index in [1.165, 1.54) is 12.8 Å². The Hall–Kier alpha value is 0.120. The molecule has 7 heteroatoms. The van der Waals surface area contributed by atoms with Crippen molar-refractivity contribution in [1.29, 1.82) is 0 Å². The van der Waals surface area contributed by atoms with Gasteiger partial charge in [0.05, 0.1) is 0 Å². The van der Waals surface area contributed by atoms with E-state index in [1.807, 2.05) is 0 Å². The van der Waals surface area contributed by atoms with Crippen molar-refractivity contribution in [1.82, 2.24) is 13.9 Å². The molecule has 19 heavy (non-hydrogen) atoms. The highest BCUT2D eigenvalue weighted by Gasteiger charge is 2.44. The lowest BCUT2D eigenvalue weighted by Crippen LogP contribution is -2.49. The van der Waals surface area contributed by atoms with Gasteiger partial charge in [0.25, 0.3) is 10.2 Å². The Balaban J connectivity index is 0.00000133. The Labute approximate surface area is 122 Å². The lowest BCUT2D eigenvalue weighted by atomic mass is 10.1. The summed E-state index contributed by atoms with van der Waals surface area (Å²) >= 11 is 0. The van der Waals surface area contributed by atoms with Crippen molar-refractivity contribution in [2.75, 3.05) is 26.7 Å². The van der Waals surface area contributed by atoms with Crippen LogP contribution in [0.25, 0.3) is 0 Å². The van der Waals surface area contributed by atoms with E-state index in [0.717, 1.165) is 32.4 Å². The molecular formula is C12H24ClN3O2S. The molecule has 1 N–H and O–H groups in total. The molecule has 5 nitrogen and oxygen atoms in total. The van der Waals surface area contributed by atoms with Crippen LogP contribution in [0.2, 0.25) is 0 Å². The van der Waals surface area contributed by atoms with Crippen molar-refractivity contribution >= 4 is 22.6 Å². The van der Waals surface area contributed by atoms with Gasteiger partial charge in [-0.25, -0.2) is 0 Å². The van der Waals surface area contributed by atoms with E-state index >= 15 is 0 Å². The van der Waals surface area contributed by atoms with Gasteiger partial charge >= 0.3 is 0 Å². The van der Waals surface area contributed by atoms with Crippen molar-refractivity contribution in [3.8, 4) is 0 Å². The molecule has 2 bridgehead atoms. The van der Waals surface area contributed by atoms with Crippen molar-refractivity contribution in [2.45, 2.75) is 44.2 Å². The SMILES string of the molecule is CN(CC1CC1)S(=O)(=O)N1C2CCNCC1CC2.Cl. The molecule has 112 valence electrons. The highest BCUT2D eigenvalue weighted by molar-refractivity contribution is 7.86. The van der Waals surface area contributed by atoms with E-state index < -0.39 is 10.2 Å². The van der Waals surface area contributed by atoms with E-state index in [9.17, 15) is 8.42 Å². The van der Waals surface area contributed by atoms with Gasteiger partial charge in [-0.15, -0.1) is 12.4 Å². The van der Waals surface area contributed by atoms with Crippen LogP contribution in [0.3, 0.4) is 0 Å². The van der Waals surface area contributed by atoms with Crippen LogP contribution in [0.15, 0.2) is 0 Å². The van der Waals surface area contributed by atoms with Gasteiger partial charge in [0, 0.05) is 32.2 Å². The summed E-state index contributed by atoms with van der Waals surface area (Å²) in [5.74, 6) is 0.604. The van der Waals surface area contributed by atoms with Crippen LogP contribution in [-0.2, 0) is 10.2 Å². The van der Waals surface area contributed by atoms with Crippen molar-refractivity contribution in [3.63, 3.8) is 0 Å². The summed E-state index contributed by atoms with van der Waals surface area (Å²) in [6.07, 6.45) is 5.37. The third-order valence-electron chi connectivity index (χ3n) is 4.46. The first-order valence-corrected chi connectivity index (χ1v) is 8.44. The van der Waals surface area contributed by atoms with Crippen LogP contribution in [0.1, 0.15) is 32.1 Å². The number of nitrogens with zero attached hydrogens (tertiary/aromatic N) is 2. The molecule has 0 radical (unpaired) electrons. The zero-order chi connectivity index (χ0) is 12.8. The van der Waals surface area contributed by atoms with Crippen molar-refractivity contribution < 1.29 is 8.42 Å². The number of hydrogen-bond donors (Lipinski definition) is 1. The van der Waals surface area contributed by atoms with Crippen LogP contribution < -0.4 is 5.32 Å². The smallest absolute Gasteiger partial charge is 0.282 e. The summed E-state index contributed by atoms with van der Waals surface area (Å²) in [6.45, 7) is 2.46. The first-order valence-electron chi connectivity index (χ1n) is 7.04. The molecule has 3 rings (SSSR count). The summed E-state index contributed by atoms with van der Waals surface area (Å²) in [6, 6.07) is 0.390. The zero-order valence-corrected chi connectivity index (χ0v) is 13.0. The third kappa shape index (κ3) is 3.08. The standard InChI is InChI=1S/C12H23N3O2S.ClH/c1-14(9-10-2-3-10)18(16,17)15-11-4-5-12(15)8-13-7-6-11;/h10-13H,2-9H2,1H3;1H. The Morgan fingerprint density at radius 3 is 2.53 bits per heavy atom. The molecule has 0 aromatic rings. The fraction of sp³-hybridized carbons (Fsp3) is 1.00.